The van der Waals surface area contributed by atoms with Crippen molar-refractivity contribution in [1.29, 1.82) is 0 Å². The van der Waals surface area contributed by atoms with Crippen LogP contribution in [0, 0.1) is 5.92 Å². The molecule has 1 saturated heterocycles. The molecular weight excluding hydrogens is 281 g/mol. The molecule has 0 aromatic carbocycles. The van der Waals surface area contributed by atoms with E-state index in [2.05, 4.69) is 15.3 Å². The Bertz CT molecular complexity index is 462. The molecule has 0 amide bonds. The van der Waals surface area contributed by atoms with Gasteiger partial charge in [-0.05, 0) is 12.8 Å². The number of aromatic nitrogens is 2. The molecule has 0 bridgehead atoms. The van der Waals surface area contributed by atoms with Gasteiger partial charge in [-0.3, -0.25) is 4.98 Å². The molecule has 2 rings (SSSR count). The molecule has 0 aliphatic carbocycles. The zero-order valence-electron chi connectivity index (χ0n) is 12.3. The Morgan fingerprint density at radius 2 is 2.14 bits per heavy atom. The minimum atomic E-state index is -4.14. The van der Waals surface area contributed by atoms with Crippen molar-refractivity contribution in [2.75, 3.05) is 18.0 Å². The summed E-state index contributed by atoms with van der Waals surface area (Å²) in [5, 5.41) is 3.22. The number of rotatable bonds is 4. The predicted octanol–water partition coefficient (Wildman–Crippen LogP) is 2.75. The first-order chi connectivity index (χ1) is 9.86. The maximum Gasteiger partial charge on any atom is 0.393 e. The van der Waals surface area contributed by atoms with E-state index >= 15 is 0 Å². The lowest BCUT2D eigenvalue weighted by molar-refractivity contribution is -0.176. The summed E-state index contributed by atoms with van der Waals surface area (Å²) in [7, 11) is 0. The summed E-state index contributed by atoms with van der Waals surface area (Å²) in [6, 6.07) is 0.319. The number of piperidine rings is 1. The number of nitrogens with one attached hydrogen (secondary N) is 1. The van der Waals surface area contributed by atoms with Crippen molar-refractivity contribution in [1.82, 2.24) is 15.3 Å². The van der Waals surface area contributed by atoms with Crippen molar-refractivity contribution in [2.24, 2.45) is 5.92 Å². The minimum Gasteiger partial charge on any atom is -0.355 e. The molecule has 0 spiro atoms. The third-order valence-electron chi connectivity index (χ3n) is 3.57. The molecule has 1 aliphatic heterocycles. The fourth-order valence-corrected chi connectivity index (χ4v) is 2.39. The Kier molecular flexibility index (Phi) is 5.03. The summed E-state index contributed by atoms with van der Waals surface area (Å²) < 4.78 is 38.5. The van der Waals surface area contributed by atoms with Crippen LogP contribution in [0.15, 0.2) is 12.4 Å². The second kappa shape index (κ2) is 6.60. The smallest absolute Gasteiger partial charge is 0.355 e. The minimum absolute atomic E-state index is 0.0285. The Labute approximate surface area is 122 Å². The summed E-state index contributed by atoms with van der Waals surface area (Å²) in [5.41, 5.74) is 0.746. The van der Waals surface area contributed by atoms with Gasteiger partial charge in [0.25, 0.3) is 0 Å². The predicted molar refractivity (Wildman–Crippen MR) is 75.0 cm³/mol. The lowest BCUT2D eigenvalue weighted by atomic mass is 9.97. The van der Waals surface area contributed by atoms with Gasteiger partial charge in [-0.1, -0.05) is 13.8 Å². The second-order valence-corrected chi connectivity index (χ2v) is 5.73. The Morgan fingerprint density at radius 3 is 2.81 bits per heavy atom. The molecule has 1 aromatic heterocycles. The zero-order valence-corrected chi connectivity index (χ0v) is 12.3. The average molecular weight is 302 g/mol. The van der Waals surface area contributed by atoms with Crippen molar-refractivity contribution in [3.8, 4) is 0 Å². The van der Waals surface area contributed by atoms with Crippen LogP contribution in [0.4, 0.5) is 19.0 Å². The summed E-state index contributed by atoms with van der Waals surface area (Å²) in [6.07, 6.45) is -0.229. The Hall–Kier alpha value is -1.37. The van der Waals surface area contributed by atoms with Crippen LogP contribution in [-0.2, 0) is 6.54 Å². The molecule has 1 N–H and O–H groups in total. The van der Waals surface area contributed by atoms with Crippen molar-refractivity contribution in [2.45, 2.75) is 45.5 Å². The van der Waals surface area contributed by atoms with Gasteiger partial charge in [-0.15, -0.1) is 0 Å². The highest BCUT2D eigenvalue weighted by Crippen LogP contribution is 2.34. The first kappa shape index (κ1) is 16.0. The fourth-order valence-electron chi connectivity index (χ4n) is 2.39. The molecule has 4 nitrogen and oxygen atoms in total. The third kappa shape index (κ3) is 4.56. The standard InChI is InChI=1S/C14H21F3N4/c1-10(2)19-7-12-6-18-8-13(20-12)21-5-3-4-11(9-21)14(15,16)17/h6,8,10-11,19H,3-5,7,9H2,1-2H3. The quantitative estimate of drug-likeness (QED) is 0.928. The van der Waals surface area contributed by atoms with Gasteiger partial charge in [0, 0.05) is 31.9 Å². The molecule has 1 unspecified atom stereocenters. The largest absolute Gasteiger partial charge is 0.393 e. The van der Waals surface area contributed by atoms with Crippen molar-refractivity contribution in [3.63, 3.8) is 0 Å². The third-order valence-corrected chi connectivity index (χ3v) is 3.57. The Balaban J connectivity index is 2.05. The van der Waals surface area contributed by atoms with Crippen LogP contribution in [0.3, 0.4) is 0 Å². The van der Waals surface area contributed by atoms with Crippen LogP contribution in [0.5, 0.6) is 0 Å². The van der Waals surface area contributed by atoms with Crippen molar-refractivity contribution < 1.29 is 13.2 Å². The fraction of sp³-hybridized carbons (Fsp3) is 0.714. The van der Waals surface area contributed by atoms with Gasteiger partial charge in [0.2, 0.25) is 0 Å². The van der Waals surface area contributed by atoms with E-state index < -0.39 is 12.1 Å². The molecular formula is C14H21F3N4. The van der Waals surface area contributed by atoms with Crippen molar-refractivity contribution in [3.05, 3.63) is 18.1 Å². The van der Waals surface area contributed by atoms with Gasteiger partial charge in [0.15, 0.2) is 0 Å². The van der Waals surface area contributed by atoms with Crippen LogP contribution in [0.1, 0.15) is 32.4 Å². The number of nitrogens with zero attached hydrogens (tertiary/aromatic N) is 3. The first-order valence-electron chi connectivity index (χ1n) is 7.22. The van der Waals surface area contributed by atoms with Gasteiger partial charge in [0.05, 0.1) is 17.8 Å². The van der Waals surface area contributed by atoms with Crippen LogP contribution < -0.4 is 10.2 Å². The molecule has 1 aliphatic rings. The summed E-state index contributed by atoms with van der Waals surface area (Å²) in [6.45, 7) is 5.18. The first-order valence-corrected chi connectivity index (χ1v) is 7.22. The highest BCUT2D eigenvalue weighted by Gasteiger charge is 2.42. The van der Waals surface area contributed by atoms with E-state index in [0.29, 0.717) is 31.4 Å². The SMILES string of the molecule is CC(C)NCc1cncc(N2CCCC(C(F)(F)F)C2)n1. The van der Waals surface area contributed by atoms with E-state index in [1.54, 1.807) is 11.1 Å². The molecule has 2 heterocycles. The van der Waals surface area contributed by atoms with Crippen LogP contribution >= 0.6 is 0 Å². The topological polar surface area (TPSA) is 41.1 Å². The lowest BCUT2D eigenvalue weighted by Crippen LogP contribution is -2.42. The normalized spacial score (nSPS) is 20.1. The lowest BCUT2D eigenvalue weighted by Gasteiger charge is -2.34. The molecule has 1 fully saturated rings. The van der Waals surface area contributed by atoms with Gasteiger partial charge in [-0.25, -0.2) is 4.98 Å². The van der Waals surface area contributed by atoms with Gasteiger partial charge < -0.3 is 10.2 Å². The van der Waals surface area contributed by atoms with E-state index in [4.69, 9.17) is 0 Å². The van der Waals surface area contributed by atoms with Gasteiger partial charge >= 0.3 is 6.18 Å². The number of halogens is 3. The van der Waals surface area contributed by atoms with E-state index in [1.807, 2.05) is 13.8 Å². The number of alkyl halides is 3. The Morgan fingerprint density at radius 1 is 1.38 bits per heavy atom. The molecule has 0 saturated carbocycles. The van der Waals surface area contributed by atoms with E-state index in [9.17, 15) is 13.2 Å². The summed E-state index contributed by atoms with van der Waals surface area (Å²) >= 11 is 0. The van der Waals surface area contributed by atoms with Crippen molar-refractivity contribution >= 4 is 5.82 Å². The molecule has 1 aromatic rings. The molecule has 118 valence electrons. The number of hydrogen-bond donors (Lipinski definition) is 1. The summed E-state index contributed by atoms with van der Waals surface area (Å²) in [5.74, 6) is -0.738. The monoisotopic (exact) mass is 302 g/mol. The maximum absolute atomic E-state index is 12.8. The average Bonchev–Trinajstić information content (AvgIpc) is 2.45. The number of hydrogen-bond acceptors (Lipinski definition) is 4. The summed E-state index contributed by atoms with van der Waals surface area (Å²) in [4.78, 5) is 10.2. The molecule has 7 heteroatoms. The van der Waals surface area contributed by atoms with Crippen LogP contribution in [0.25, 0.3) is 0 Å². The molecule has 1 atom stereocenters. The van der Waals surface area contributed by atoms with Crippen LogP contribution in [0.2, 0.25) is 0 Å². The van der Waals surface area contributed by atoms with Gasteiger partial charge in [-0.2, -0.15) is 13.2 Å². The highest BCUT2D eigenvalue weighted by atomic mass is 19.4. The van der Waals surface area contributed by atoms with Crippen LogP contribution in [-0.4, -0.2) is 35.3 Å². The van der Waals surface area contributed by atoms with E-state index in [0.717, 1.165) is 5.69 Å². The second-order valence-electron chi connectivity index (χ2n) is 5.73. The van der Waals surface area contributed by atoms with E-state index in [-0.39, 0.29) is 13.0 Å². The maximum atomic E-state index is 12.8. The highest BCUT2D eigenvalue weighted by molar-refractivity contribution is 5.37. The molecule has 21 heavy (non-hydrogen) atoms. The van der Waals surface area contributed by atoms with Gasteiger partial charge in [0.1, 0.15) is 5.82 Å². The number of anilines is 1. The zero-order chi connectivity index (χ0) is 15.5. The van der Waals surface area contributed by atoms with E-state index in [1.165, 1.54) is 6.20 Å². The molecule has 0 radical (unpaired) electrons.